The minimum Gasteiger partial charge on any atom is -0.0984 e. The summed E-state index contributed by atoms with van der Waals surface area (Å²) in [6, 6.07) is 8.42. The van der Waals surface area contributed by atoms with Gasteiger partial charge in [0.2, 0.25) is 0 Å². The Morgan fingerprint density at radius 2 is 2.00 bits per heavy atom. The van der Waals surface area contributed by atoms with Crippen molar-refractivity contribution < 1.29 is 0 Å². The van der Waals surface area contributed by atoms with Crippen molar-refractivity contribution >= 4 is 11.6 Å². The van der Waals surface area contributed by atoms with Gasteiger partial charge in [0.25, 0.3) is 0 Å². The van der Waals surface area contributed by atoms with E-state index in [-0.39, 0.29) is 0 Å². The van der Waals surface area contributed by atoms with Gasteiger partial charge in [-0.2, -0.15) is 0 Å². The molecule has 0 aliphatic heterocycles. The van der Waals surface area contributed by atoms with Crippen molar-refractivity contribution in [3.05, 3.63) is 48.0 Å². The van der Waals surface area contributed by atoms with Crippen molar-refractivity contribution in [2.45, 2.75) is 26.7 Å². The third-order valence-electron chi connectivity index (χ3n) is 2.36. The molecular formula is C14H18. The molecule has 0 aromatic heterocycles. The van der Waals surface area contributed by atoms with Crippen LogP contribution in [0.3, 0.4) is 0 Å². The Hall–Kier alpha value is -1.30. The first-order chi connectivity index (χ1) is 6.83. The third-order valence-corrected chi connectivity index (χ3v) is 2.36. The largest absolute Gasteiger partial charge is 0.0984 e. The molecule has 0 heterocycles. The zero-order valence-corrected chi connectivity index (χ0v) is 9.09. The van der Waals surface area contributed by atoms with Crippen molar-refractivity contribution in [1.82, 2.24) is 0 Å². The summed E-state index contributed by atoms with van der Waals surface area (Å²) < 4.78 is 0. The Balaban J connectivity index is 3.15. The number of rotatable bonds is 4. The normalized spacial score (nSPS) is 11.4. The van der Waals surface area contributed by atoms with Crippen LogP contribution in [0.1, 0.15) is 37.8 Å². The summed E-state index contributed by atoms with van der Waals surface area (Å²) in [5.74, 6) is 0. The smallest absolute Gasteiger partial charge is 0.0155 e. The van der Waals surface area contributed by atoms with Crippen LogP contribution in [-0.4, -0.2) is 0 Å². The highest BCUT2D eigenvalue weighted by atomic mass is 14.1. The fourth-order valence-corrected chi connectivity index (χ4v) is 1.66. The van der Waals surface area contributed by atoms with Crippen LogP contribution in [0, 0.1) is 0 Å². The molecule has 1 rings (SSSR count). The lowest BCUT2D eigenvalue weighted by atomic mass is 9.97. The molecule has 0 nitrogen and oxygen atoms in total. The minimum absolute atomic E-state index is 1.08. The van der Waals surface area contributed by atoms with E-state index in [4.69, 9.17) is 0 Å². The summed E-state index contributed by atoms with van der Waals surface area (Å²) in [5.41, 5.74) is 3.98. The first-order valence-corrected chi connectivity index (χ1v) is 5.24. The second-order valence-corrected chi connectivity index (χ2v) is 3.28. The number of hydrogen-bond acceptors (Lipinski definition) is 0. The van der Waals surface area contributed by atoms with Crippen LogP contribution in [0.5, 0.6) is 0 Å². The van der Waals surface area contributed by atoms with E-state index in [9.17, 15) is 0 Å². The maximum atomic E-state index is 3.84. The van der Waals surface area contributed by atoms with Gasteiger partial charge in [-0.25, -0.2) is 0 Å². The SMILES string of the molecule is C=Cc1ccccc1/C(=C\CC)CC. The van der Waals surface area contributed by atoms with Crippen molar-refractivity contribution in [3.63, 3.8) is 0 Å². The molecule has 0 N–H and O–H groups in total. The summed E-state index contributed by atoms with van der Waals surface area (Å²) in [6.45, 7) is 8.21. The van der Waals surface area contributed by atoms with E-state index in [0.717, 1.165) is 12.8 Å². The minimum atomic E-state index is 1.08. The fourth-order valence-electron chi connectivity index (χ4n) is 1.66. The Bertz CT molecular complexity index is 332. The second kappa shape index (κ2) is 5.43. The number of benzene rings is 1. The molecule has 1 aromatic rings. The average Bonchev–Trinajstić information content (AvgIpc) is 2.26. The van der Waals surface area contributed by atoms with E-state index in [1.54, 1.807) is 0 Å². The molecular weight excluding hydrogens is 168 g/mol. The third kappa shape index (κ3) is 2.35. The van der Waals surface area contributed by atoms with Gasteiger partial charge < -0.3 is 0 Å². The highest BCUT2D eigenvalue weighted by Crippen LogP contribution is 2.23. The van der Waals surface area contributed by atoms with Gasteiger partial charge in [0.15, 0.2) is 0 Å². The van der Waals surface area contributed by atoms with E-state index in [2.05, 4.69) is 50.8 Å². The van der Waals surface area contributed by atoms with Crippen LogP contribution in [0.15, 0.2) is 36.9 Å². The van der Waals surface area contributed by atoms with Crippen LogP contribution in [0.2, 0.25) is 0 Å². The molecule has 0 unspecified atom stereocenters. The summed E-state index contributed by atoms with van der Waals surface area (Å²) in [7, 11) is 0. The molecule has 0 atom stereocenters. The Morgan fingerprint density at radius 3 is 2.57 bits per heavy atom. The molecule has 0 aliphatic rings. The summed E-state index contributed by atoms with van der Waals surface area (Å²) >= 11 is 0. The van der Waals surface area contributed by atoms with E-state index in [0.29, 0.717) is 0 Å². The predicted octanol–water partition coefficient (Wildman–Crippen LogP) is 4.53. The maximum Gasteiger partial charge on any atom is -0.0155 e. The molecule has 0 bridgehead atoms. The van der Waals surface area contributed by atoms with Gasteiger partial charge >= 0.3 is 0 Å². The molecule has 0 heteroatoms. The molecule has 1 aromatic carbocycles. The van der Waals surface area contributed by atoms with Crippen molar-refractivity contribution in [1.29, 1.82) is 0 Å². The first-order valence-electron chi connectivity index (χ1n) is 5.24. The monoisotopic (exact) mass is 186 g/mol. The van der Waals surface area contributed by atoms with Crippen molar-refractivity contribution in [2.75, 3.05) is 0 Å². The molecule has 0 amide bonds. The molecule has 0 radical (unpaired) electrons. The molecule has 74 valence electrons. The zero-order valence-electron chi connectivity index (χ0n) is 9.09. The van der Waals surface area contributed by atoms with Gasteiger partial charge in [0.05, 0.1) is 0 Å². The van der Waals surface area contributed by atoms with Gasteiger partial charge in [-0.3, -0.25) is 0 Å². The zero-order chi connectivity index (χ0) is 10.4. The molecule has 0 spiro atoms. The van der Waals surface area contributed by atoms with Crippen LogP contribution in [0.4, 0.5) is 0 Å². The molecule has 0 saturated carbocycles. The highest BCUT2D eigenvalue weighted by Gasteiger charge is 2.01. The lowest BCUT2D eigenvalue weighted by molar-refractivity contribution is 1.17. The van der Waals surface area contributed by atoms with Gasteiger partial charge in [0.1, 0.15) is 0 Å². The van der Waals surface area contributed by atoms with E-state index in [1.807, 2.05) is 6.08 Å². The van der Waals surface area contributed by atoms with E-state index in [1.165, 1.54) is 16.7 Å². The first kappa shape index (κ1) is 10.8. The topological polar surface area (TPSA) is 0 Å². The van der Waals surface area contributed by atoms with Crippen molar-refractivity contribution in [2.24, 2.45) is 0 Å². The Labute approximate surface area is 87.0 Å². The Kier molecular flexibility index (Phi) is 4.18. The van der Waals surface area contributed by atoms with Crippen LogP contribution in [-0.2, 0) is 0 Å². The average molecular weight is 186 g/mol. The highest BCUT2D eigenvalue weighted by molar-refractivity contribution is 5.73. The lowest BCUT2D eigenvalue weighted by Gasteiger charge is -2.08. The maximum absolute atomic E-state index is 3.84. The molecule has 0 fully saturated rings. The summed E-state index contributed by atoms with van der Waals surface area (Å²) in [5, 5.41) is 0. The van der Waals surface area contributed by atoms with Gasteiger partial charge in [0, 0.05) is 0 Å². The van der Waals surface area contributed by atoms with Gasteiger partial charge in [-0.1, -0.05) is 56.8 Å². The number of allylic oxidation sites excluding steroid dienone is 2. The van der Waals surface area contributed by atoms with E-state index < -0.39 is 0 Å². The number of hydrogen-bond donors (Lipinski definition) is 0. The Morgan fingerprint density at radius 1 is 1.29 bits per heavy atom. The van der Waals surface area contributed by atoms with Crippen LogP contribution < -0.4 is 0 Å². The molecule has 0 aliphatic carbocycles. The van der Waals surface area contributed by atoms with Gasteiger partial charge in [-0.15, -0.1) is 0 Å². The lowest BCUT2D eigenvalue weighted by Crippen LogP contribution is -1.87. The van der Waals surface area contributed by atoms with Gasteiger partial charge in [-0.05, 0) is 29.5 Å². The second-order valence-electron chi connectivity index (χ2n) is 3.28. The molecule has 0 saturated heterocycles. The summed E-state index contributed by atoms with van der Waals surface area (Å²) in [6.07, 6.45) is 6.39. The predicted molar refractivity (Wildman–Crippen MR) is 65.1 cm³/mol. The van der Waals surface area contributed by atoms with E-state index >= 15 is 0 Å². The molecule has 14 heavy (non-hydrogen) atoms. The standard InChI is InChI=1S/C14H18/c1-4-9-12(5-2)14-11-8-7-10-13(14)6-3/h6-11H,3-5H2,1-2H3/b12-9-. The van der Waals surface area contributed by atoms with Crippen LogP contribution >= 0.6 is 0 Å². The van der Waals surface area contributed by atoms with Crippen molar-refractivity contribution in [3.8, 4) is 0 Å². The quantitative estimate of drug-likeness (QED) is 0.648. The fraction of sp³-hybridized carbons (Fsp3) is 0.286. The summed E-state index contributed by atoms with van der Waals surface area (Å²) in [4.78, 5) is 0. The van der Waals surface area contributed by atoms with Crippen LogP contribution in [0.25, 0.3) is 11.6 Å².